The summed E-state index contributed by atoms with van der Waals surface area (Å²) in [6.45, 7) is 6.64. The van der Waals surface area contributed by atoms with Gasteiger partial charge < -0.3 is 14.2 Å². The van der Waals surface area contributed by atoms with Gasteiger partial charge in [-0.15, -0.1) is 0 Å². The summed E-state index contributed by atoms with van der Waals surface area (Å²) in [6.07, 6.45) is 79.4. The van der Waals surface area contributed by atoms with Crippen molar-refractivity contribution in [2.75, 3.05) is 13.2 Å². The van der Waals surface area contributed by atoms with Gasteiger partial charge in [0.25, 0.3) is 0 Å². The van der Waals surface area contributed by atoms with Crippen LogP contribution in [-0.2, 0) is 28.6 Å². The van der Waals surface area contributed by atoms with E-state index in [0.29, 0.717) is 19.3 Å². The molecule has 0 aliphatic heterocycles. The van der Waals surface area contributed by atoms with Crippen molar-refractivity contribution in [3.05, 3.63) is 60.8 Å². The Morgan fingerprint density at radius 2 is 0.486 bits per heavy atom. The van der Waals surface area contributed by atoms with Gasteiger partial charge in [-0.05, 0) is 89.9 Å². The second-order valence-corrected chi connectivity index (χ2v) is 21.7. The first-order chi connectivity index (χ1) is 36.5. The lowest BCUT2D eigenvalue weighted by molar-refractivity contribution is -0.167. The molecule has 0 aliphatic rings. The summed E-state index contributed by atoms with van der Waals surface area (Å²) in [4.78, 5) is 38.3. The number of hydrogen-bond acceptors (Lipinski definition) is 6. The van der Waals surface area contributed by atoms with Crippen LogP contribution in [0.1, 0.15) is 335 Å². The van der Waals surface area contributed by atoms with Crippen molar-refractivity contribution < 1.29 is 28.6 Å². The molecule has 0 fully saturated rings. The predicted octanol–water partition coefficient (Wildman–Crippen LogP) is 21.9. The molecule has 0 spiro atoms. The zero-order valence-electron chi connectivity index (χ0n) is 49.4. The molecule has 0 radical (unpaired) electrons. The van der Waals surface area contributed by atoms with Gasteiger partial charge in [0.05, 0.1) is 0 Å². The van der Waals surface area contributed by atoms with E-state index in [1.807, 2.05) is 0 Å². The quantitative estimate of drug-likeness (QED) is 0.0261. The summed E-state index contributed by atoms with van der Waals surface area (Å²) in [5.41, 5.74) is 0. The molecule has 6 nitrogen and oxygen atoms in total. The fraction of sp³-hybridized carbons (Fsp3) is 0.809. The molecule has 0 aromatic heterocycles. The molecule has 430 valence electrons. The number of esters is 3. The molecule has 0 bridgehead atoms. The summed E-state index contributed by atoms with van der Waals surface area (Å²) in [7, 11) is 0. The van der Waals surface area contributed by atoms with Crippen molar-refractivity contribution in [2.24, 2.45) is 0 Å². The molecule has 1 unspecified atom stereocenters. The Labute approximate surface area is 460 Å². The van der Waals surface area contributed by atoms with Crippen molar-refractivity contribution in [1.82, 2.24) is 0 Å². The fourth-order valence-electron chi connectivity index (χ4n) is 9.36. The third kappa shape index (κ3) is 60.0. The van der Waals surface area contributed by atoms with Crippen LogP contribution in [0, 0.1) is 0 Å². The van der Waals surface area contributed by atoms with Crippen LogP contribution in [0.15, 0.2) is 60.8 Å². The van der Waals surface area contributed by atoms with Crippen LogP contribution in [0.25, 0.3) is 0 Å². The molecular weight excluding hydrogens is 913 g/mol. The Kier molecular flexibility index (Phi) is 60.2. The Bertz CT molecular complexity index is 1330. The zero-order chi connectivity index (χ0) is 53.6. The normalized spacial score (nSPS) is 12.4. The molecule has 6 heteroatoms. The van der Waals surface area contributed by atoms with Gasteiger partial charge >= 0.3 is 17.9 Å². The largest absolute Gasteiger partial charge is 0.462 e. The predicted molar refractivity (Wildman–Crippen MR) is 321 cm³/mol. The smallest absolute Gasteiger partial charge is 0.306 e. The lowest BCUT2D eigenvalue weighted by Gasteiger charge is -2.18. The van der Waals surface area contributed by atoms with Crippen molar-refractivity contribution in [3.8, 4) is 0 Å². The molecule has 0 aromatic carbocycles. The molecule has 0 aromatic rings. The van der Waals surface area contributed by atoms with E-state index in [2.05, 4.69) is 81.5 Å². The van der Waals surface area contributed by atoms with Gasteiger partial charge in [-0.3, -0.25) is 14.4 Å². The molecule has 0 N–H and O–H groups in total. The fourth-order valence-corrected chi connectivity index (χ4v) is 9.36. The van der Waals surface area contributed by atoms with Crippen molar-refractivity contribution in [1.29, 1.82) is 0 Å². The molecule has 1 atom stereocenters. The standard InChI is InChI=1S/C68H122O6/c1-4-7-10-13-16-19-22-25-27-29-31-32-33-34-35-36-38-39-41-43-46-49-52-55-58-61-67(70)73-64-65(63-72-66(69)60-57-54-51-48-45-24-21-18-15-12-9-6-3)74-68(71)62-59-56-53-50-47-44-42-40-37-30-28-26-23-20-17-14-11-8-5-2/h17,20,22,25-26,28-29,31,33-34,65H,4-16,18-19,21,23-24,27,30,32,35-64H2,1-3H3/b20-17-,25-22-,28-26-,31-29-,34-33-. The van der Waals surface area contributed by atoms with Crippen LogP contribution in [0.2, 0.25) is 0 Å². The van der Waals surface area contributed by atoms with E-state index in [0.717, 1.165) is 77.0 Å². The SMILES string of the molecule is CCCCC/C=C\C/C=C\CCCCCCCCCCCC(=O)OC(COC(=O)CCCCCCCCCCCC/C=C\C/C=C\C/C=C\CCCCCCC)COC(=O)CCCCCCCCCCCCCC. The van der Waals surface area contributed by atoms with Gasteiger partial charge in [0.1, 0.15) is 13.2 Å². The van der Waals surface area contributed by atoms with Crippen molar-refractivity contribution in [2.45, 2.75) is 341 Å². The van der Waals surface area contributed by atoms with Crippen LogP contribution in [0.4, 0.5) is 0 Å². The topological polar surface area (TPSA) is 78.9 Å². The number of unbranched alkanes of at least 4 members (excludes halogenated alkanes) is 38. The van der Waals surface area contributed by atoms with Gasteiger partial charge in [0.15, 0.2) is 6.10 Å². The summed E-state index contributed by atoms with van der Waals surface area (Å²) in [5, 5.41) is 0. The van der Waals surface area contributed by atoms with Gasteiger partial charge in [-0.2, -0.15) is 0 Å². The highest BCUT2D eigenvalue weighted by Gasteiger charge is 2.19. The summed E-state index contributed by atoms with van der Waals surface area (Å²) >= 11 is 0. The van der Waals surface area contributed by atoms with Crippen LogP contribution in [0.3, 0.4) is 0 Å². The molecule has 0 rings (SSSR count). The highest BCUT2D eigenvalue weighted by Crippen LogP contribution is 2.17. The second kappa shape index (κ2) is 62.6. The number of carbonyl (C=O) groups is 3. The van der Waals surface area contributed by atoms with Crippen LogP contribution >= 0.6 is 0 Å². The average Bonchev–Trinajstić information content (AvgIpc) is 3.40. The van der Waals surface area contributed by atoms with E-state index in [1.165, 1.54) is 218 Å². The molecular formula is C68H122O6. The lowest BCUT2D eigenvalue weighted by Crippen LogP contribution is -2.30. The summed E-state index contributed by atoms with van der Waals surface area (Å²) in [5.74, 6) is -0.865. The molecule has 0 heterocycles. The van der Waals surface area contributed by atoms with Gasteiger partial charge in [0, 0.05) is 19.3 Å². The third-order valence-corrected chi connectivity index (χ3v) is 14.2. The second-order valence-electron chi connectivity index (χ2n) is 21.7. The third-order valence-electron chi connectivity index (χ3n) is 14.2. The number of allylic oxidation sites excluding steroid dienone is 10. The van der Waals surface area contributed by atoms with E-state index >= 15 is 0 Å². The van der Waals surface area contributed by atoms with E-state index in [4.69, 9.17) is 14.2 Å². The molecule has 74 heavy (non-hydrogen) atoms. The highest BCUT2D eigenvalue weighted by atomic mass is 16.6. The number of carbonyl (C=O) groups excluding carboxylic acids is 3. The Balaban J connectivity index is 4.28. The molecule has 0 amide bonds. The molecule has 0 saturated heterocycles. The lowest BCUT2D eigenvalue weighted by atomic mass is 10.0. The minimum absolute atomic E-state index is 0.0738. The summed E-state index contributed by atoms with van der Waals surface area (Å²) < 4.78 is 16.9. The van der Waals surface area contributed by atoms with E-state index in [9.17, 15) is 14.4 Å². The number of ether oxygens (including phenoxy) is 3. The van der Waals surface area contributed by atoms with E-state index in [-0.39, 0.29) is 31.1 Å². The first-order valence-electron chi connectivity index (χ1n) is 32.3. The van der Waals surface area contributed by atoms with Gasteiger partial charge in [0.2, 0.25) is 0 Å². The maximum atomic E-state index is 12.9. The first kappa shape index (κ1) is 71.1. The van der Waals surface area contributed by atoms with E-state index < -0.39 is 6.10 Å². The number of hydrogen-bond donors (Lipinski definition) is 0. The Morgan fingerprint density at radius 3 is 0.784 bits per heavy atom. The highest BCUT2D eigenvalue weighted by molar-refractivity contribution is 5.71. The van der Waals surface area contributed by atoms with E-state index in [1.54, 1.807) is 0 Å². The minimum atomic E-state index is -0.777. The van der Waals surface area contributed by atoms with Crippen molar-refractivity contribution >= 4 is 17.9 Å². The number of rotatable bonds is 59. The maximum absolute atomic E-state index is 12.9. The monoisotopic (exact) mass is 1030 g/mol. The Hall–Kier alpha value is -2.89. The molecule has 0 saturated carbocycles. The average molecular weight is 1040 g/mol. The van der Waals surface area contributed by atoms with Crippen LogP contribution in [-0.4, -0.2) is 37.2 Å². The van der Waals surface area contributed by atoms with Crippen LogP contribution in [0.5, 0.6) is 0 Å². The van der Waals surface area contributed by atoms with Crippen LogP contribution < -0.4 is 0 Å². The summed E-state index contributed by atoms with van der Waals surface area (Å²) in [6, 6.07) is 0. The zero-order valence-corrected chi connectivity index (χ0v) is 49.4. The Morgan fingerprint density at radius 1 is 0.270 bits per heavy atom. The maximum Gasteiger partial charge on any atom is 0.306 e. The minimum Gasteiger partial charge on any atom is -0.462 e. The van der Waals surface area contributed by atoms with Gasteiger partial charge in [-0.25, -0.2) is 0 Å². The van der Waals surface area contributed by atoms with Crippen molar-refractivity contribution in [3.63, 3.8) is 0 Å². The molecule has 0 aliphatic carbocycles. The first-order valence-corrected chi connectivity index (χ1v) is 32.3. The van der Waals surface area contributed by atoms with Gasteiger partial charge in [-0.1, -0.05) is 287 Å².